The molecule has 0 spiro atoms. The van der Waals surface area contributed by atoms with E-state index in [1.165, 1.54) is 6.07 Å². The highest BCUT2D eigenvalue weighted by atomic mass is 19.4. The van der Waals surface area contributed by atoms with Gasteiger partial charge in [-0.2, -0.15) is 13.2 Å². The number of halogens is 3. The van der Waals surface area contributed by atoms with Crippen LogP contribution in [-0.4, -0.2) is 61.7 Å². The highest BCUT2D eigenvalue weighted by Crippen LogP contribution is 2.29. The monoisotopic (exact) mass is 408 g/mol. The van der Waals surface area contributed by atoms with Crippen LogP contribution < -0.4 is 15.0 Å². The van der Waals surface area contributed by atoms with Crippen LogP contribution in [0, 0.1) is 0 Å². The van der Waals surface area contributed by atoms with E-state index in [0.29, 0.717) is 45.1 Å². The quantitative estimate of drug-likeness (QED) is 0.714. The molecular weight excluding hydrogens is 385 g/mol. The zero-order valence-corrected chi connectivity index (χ0v) is 15.9. The van der Waals surface area contributed by atoms with Gasteiger partial charge in [-0.1, -0.05) is 18.2 Å². The number of ether oxygens (including phenoxy) is 1. The predicted molar refractivity (Wildman–Crippen MR) is 103 cm³/mol. The van der Waals surface area contributed by atoms with Crippen molar-refractivity contribution in [2.75, 3.05) is 50.8 Å². The van der Waals surface area contributed by atoms with Crippen LogP contribution in [0.1, 0.15) is 5.56 Å². The van der Waals surface area contributed by atoms with Crippen molar-refractivity contribution in [2.24, 2.45) is 0 Å². The van der Waals surface area contributed by atoms with Gasteiger partial charge >= 0.3 is 6.18 Å². The second kappa shape index (κ2) is 9.60. The van der Waals surface area contributed by atoms with E-state index in [-0.39, 0.29) is 12.5 Å². The topological polar surface area (TPSA) is 57.7 Å². The molecule has 1 aliphatic rings. The number of alkyl halides is 3. The molecule has 9 heteroatoms. The first-order valence-electron chi connectivity index (χ1n) is 9.37. The minimum absolute atomic E-state index is 0.0808. The maximum absolute atomic E-state index is 12.6. The van der Waals surface area contributed by atoms with Crippen molar-refractivity contribution >= 4 is 11.7 Å². The second-order valence-electron chi connectivity index (χ2n) is 6.68. The molecule has 1 aromatic heterocycles. The van der Waals surface area contributed by atoms with Crippen LogP contribution in [0.15, 0.2) is 48.7 Å². The minimum atomic E-state index is -4.39. The molecule has 0 radical (unpaired) electrons. The van der Waals surface area contributed by atoms with Gasteiger partial charge in [-0.3, -0.25) is 9.69 Å². The van der Waals surface area contributed by atoms with Gasteiger partial charge in [0.25, 0.3) is 0 Å². The molecule has 29 heavy (non-hydrogen) atoms. The number of hydrogen-bond donors (Lipinski definition) is 1. The summed E-state index contributed by atoms with van der Waals surface area (Å²) in [7, 11) is 0. The Hall–Kier alpha value is -2.81. The molecule has 0 saturated carbocycles. The molecule has 1 aliphatic heterocycles. The van der Waals surface area contributed by atoms with E-state index in [9.17, 15) is 18.0 Å². The number of pyridine rings is 1. The number of para-hydroxylation sites is 1. The predicted octanol–water partition coefficient (Wildman–Crippen LogP) is 2.42. The molecule has 0 unspecified atom stereocenters. The van der Waals surface area contributed by atoms with Crippen molar-refractivity contribution in [2.45, 2.75) is 6.18 Å². The summed E-state index contributed by atoms with van der Waals surface area (Å²) >= 11 is 0. The molecule has 1 fully saturated rings. The number of nitrogens with zero attached hydrogens (tertiary/aromatic N) is 3. The molecule has 1 amide bonds. The van der Waals surface area contributed by atoms with Crippen molar-refractivity contribution in [1.29, 1.82) is 0 Å². The zero-order valence-electron chi connectivity index (χ0n) is 15.9. The lowest BCUT2D eigenvalue weighted by molar-refractivity contribution is -0.137. The Morgan fingerprint density at radius 3 is 2.41 bits per heavy atom. The fourth-order valence-corrected chi connectivity index (χ4v) is 3.01. The number of aromatic nitrogens is 1. The Kier molecular flexibility index (Phi) is 6.92. The average Bonchev–Trinajstić information content (AvgIpc) is 2.72. The molecule has 1 saturated heterocycles. The first kappa shape index (κ1) is 20.9. The van der Waals surface area contributed by atoms with Crippen LogP contribution in [0.4, 0.5) is 19.0 Å². The Bertz CT molecular complexity index is 777. The summed E-state index contributed by atoms with van der Waals surface area (Å²) in [4.78, 5) is 19.9. The van der Waals surface area contributed by atoms with Crippen LogP contribution >= 0.6 is 0 Å². The number of carbonyl (C=O) groups is 1. The minimum Gasteiger partial charge on any atom is -0.492 e. The van der Waals surface area contributed by atoms with E-state index < -0.39 is 11.7 Å². The van der Waals surface area contributed by atoms with E-state index >= 15 is 0 Å². The van der Waals surface area contributed by atoms with E-state index in [2.05, 4.69) is 10.3 Å². The number of carbonyl (C=O) groups excluding carboxylic acids is 1. The molecule has 156 valence electrons. The Labute approximate surface area is 167 Å². The maximum atomic E-state index is 12.6. The number of rotatable bonds is 7. The Morgan fingerprint density at radius 2 is 1.79 bits per heavy atom. The summed E-state index contributed by atoms with van der Waals surface area (Å²) in [6.07, 6.45) is -3.53. The van der Waals surface area contributed by atoms with Gasteiger partial charge in [0.2, 0.25) is 5.91 Å². The summed E-state index contributed by atoms with van der Waals surface area (Å²) in [6.45, 7) is 3.56. The molecule has 0 bridgehead atoms. The number of amides is 1. The van der Waals surface area contributed by atoms with Crippen LogP contribution in [0.5, 0.6) is 5.75 Å². The molecular formula is C20H23F3N4O2. The highest BCUT2D eigenvalue weighted by molar-refractivity contribution is 5.78. The molecule has 3 rings (SSSR count). The fourth-order valence-electron chi connectivity index (χ4n) is 3.01. The van der Waals surface area contributed by atoms with Gasteiger partial charge in [0.05, 0.1) is 18.7 Å². The summed E-state index contributed by atoms with van der Waals surface area (Å²) in [6, 6.07) is 11.8. The second-order valence-corrected chi connectivity index (χ2v) is 6.68. The maximum Gasteiger partial charge on any atom is 0.417 e. The highest BCUT2D eigenvalue weighted by Gasteiger charge is 2.31. The summed E-state index contributed by atoms with van der Waals surface area (Å²) < 4.78 is 43.4. The number of nitrogens with one attached hydrogen (secondary N) is 1. The SMILES string of the molecule is O=C(CN1CCN(c2ccc(C(F)(F)F)cn2)CC1)NCCOc1ccccc1. The number of benzene rings is 1. The molecule has 0 atom stereocenters. The van der Waals surface area contributed by atoms with Crippen LogP contribution in [0.25, 0.3) is 0 Å². The van der Waals surface area contributed by atoms with Crippen LogP contribution in [0.2, 0.25) is 0 Å². The van der Waals surface area contributed by atoms with Gasteiger partial charge < -0.3 is 15.0 Å². The zero-order chi connectivity index (χ0) is 20.7. The van der Waals surface area contributed by atoms with Crippen LogP contribution in [0.3, 0.4) is 0 Å². The third-order valence-electron chi connectivity index (χ3n) is 4.57. The molecule has 1 N–H and O–H groups in total. The normalized spacial score (nSPS) is 15.2. The van der Waals surface area contributed by atoms with Gasteiger partial charge in [0.1, 0.15) is 18.2 Å². The number of piperazine rings is 1. The smallest absolute Gasteiger partial charge is 0.417 e. The van der Waals surface area contributed by atoms with Gasteiger partial charge in [-0.25, -0.2) is 4.98 Å². The van der Waals surface area contributed by atoms with Crippen LogP contribution in [-0.2, 0) is 11.0 Å². The summed E-state index contributed by atoms with van der Waals surface area (Å²) in [5, 5.41) is 2.83. The van der Waals surface area contributed by atoms with E-state index in [1.54, 1.807) is 0 Å². The number of hydrogen-bond acceptors (Lipinski definition) is 5. The molecule has 6 nitrogen and oxygen atoms in total. The average molecular weight is 408 g/mol. The van der Waals surface area contributed by atoms with E-state index in [4.69, 9.17) is 4.74 Å². The first-order chi connectivity index (χ1) is 13.9. The first-order valence-corrected chi connectivity index (χ1v) is 9.37. The largest absolute Gasteiger partial charge is 0.492 e. The number of anilines is 1. The third-order valence-corrected chi connectivity index (χ3v) is 4.57. The summed E-state index contributed by atoms with van der Waals surface area (Å²) in [5.74, 6) is 1.19. The standard InChI is InChI=1S/C20H23F3N4O2/c21-20(22,23)16-6-7-18(25-14-16)27-11-9-26(10-12-27)15-19(28)24-8-13-29-17-4-2-1-3-5-17/h1-7,14H,8-13,15H2,(H,24,28). The van der Waals surface area contributed by atoms with Gasteiger partial charge in [-0.05, 0) is 24.3 Å². The summed E-state index contributed by atoms with van der Waals surface area (Å²) in [5.41, 5.74) is -0.757. The van der Waals surface area contributed by atoms with E-state index in [0.717, 1.165) is 18.0 Å². The Morgan fingerprint density at radius 1 is 1.07 bits per heavy atom. The third kappa shape index (κ3) is 6.35. The molecule has 2 heterocycles. The van der Waals surface area contributed by atoms with Crippen molar-refractivity contribution in [3.05, 3.63) is 54.2 Å². The van der Waals surface area contributed by atoms with Gasteiger partial charge in [-0.15, -0.1) is 0 Å². The van der Waals surface area contributed by atoms with Gasteiger partial charge in [0.15, 0.2) is 0 Å². The van der Waals surface area contributed by atoms with E-state index in [1.807, 2.05) is 40.1 Å². The molecule has 0 aliphatic carbocycles. The van der Waals surface area contributed by atoms with Crippen molar-refractivity contribution < 1.29 is 22.7 Å². The lowest BCUT2D eigenvalue weighted by Gasteiger charge is -2.35. The van der Waals surface area contributed by atoms with Crippen molar-refractivity contribution in [1.82, 2.24) is 15.2 Å². The van der Waals surface area contributed by atoms with Crippen molar-refractivity contribution in [3.63, 3.8) is 0 Å². The lowest BCUT2D eigenvalue weighted by Crippen LogP contribution is -2.50. The molecule has 1 aromatic carbocycles. The van der Waals surface area contributed by atoms with Gasteiger partial charge in [0, 0.05) is 32.4 Å². The lowest BCUT2D eigenvalue weighted by atomic mass is 10.2. The fraction of sp³-hybridized carbons (Fsp3) is 0.400. The molecule has 2 aromatic rings. The Balaban J connectivity index is 1.35. The van der Waals surface area contributed by atoms with Crippen molar-refractivity contribution in [3.8, 4) is 5.75 Å².